The summed E-state index contributed by atoms with van der Waals surface area (Å²) in [5, 5.41) is 14.2. The molecule has 0 fully saturated rings. The molecule has 0 spiro atoms. The molecule has 0 saturated heterocycles. The fourth-order valence-electron chi connectivity index (χ4n) is 2.47. The molecule has 0 aliphatic rings. The van der Waals surface area contributed by atoms with Gasteiger partial charge in [0.2, 0.25) is 0 Å². The molecule has 0 aliphatic heterocycles. The predicted molar refractivity (Wildman–Crippen MR) is 81.3 cm³/mol. The molecule has 2 aromatic rings. The molecule has 20 heavy (non-hydrogen) atoms. The van der Waals surface area contributed by atoms with Crippen LogP contribution in [-0.2, 0) is 0 Å². The van der Waals surface area contributed by atoms with Gasteiger partial charge in [-0.2, -0.15) is 0 Å². The average molecular weight is 272 g/mol. The highest BCUT2D eigenvalue weighted by Gasteiger charge is 2.19. The third-order valence-corrected chi connectivity index (χ3v) is 3.36. The maximum absolute atomic E-state index is 11.3. The van der Waals surface area contributed by atoms with Gasteiger partial charge in [0.25, 0.3) is 0 Å². The van der Waals surface area contributed by atoms with E-state index in [0.717, 1.165) is 24.0 Å². The summed E-state index contributed by atoms with van der Waals surface area (Å²) in [6, 6.07) is 7.46. The molecule has 0 atom stereocenters. The number of nitrogens with one attached hydrogen (secondary N) is 1. The second-order valence-electron chi connectivity index (χ2n) is 5.63. The molecule has 0 unspecified atom stereocenters. The highest BCUT2D eigenvalue weighted by Crippen LogP contribution is 2.27. The lowest BCUT2D eigenvalue weighted by atomic mass is 9.98. The minimum Gasteiger partial charge on any atom is -0.478 e. The highest BCUT2D eigenvalue weighted by atomic mass is 16.4. The second kappa shape index (κ2) is 5.49. The molecule has 1 heterocycles. The van der Waals surface area contributed by atoms with E-state index in [-0.39, 0.29) is 11.1 Å². The lowest BCUT2D eigenvalue weighted by molar-refractivity contribution is 0.0698. The van der Waals surface area contributed by atoms with Crippen molar-refractivity contribution < 1.29 is 9.90 Å². The Hall–Kier alpha value is -2.10. The Labute approximate surface area is 118 Å². The predicted octanol–water partition coefficient (Wildman–Crippen LogP) is 3.92. The number of anilines is 1. The second-order valence-corrected chi connectivity index (χ2v) is 5.63. The molecular weight excluding hydrogens is 252 g/mol. The van der Waals surface area contributed by atoms with Gasteiger partial charge in [-0.15, -0.1) is 0 Å². The number of carboxylic acids is 1. The van der Waals surface area contributed by atoms with Crippen molar-refractivity contribution in [2.45, 2.75) is 39.2 Å². The summed E-state index contributed by atoms with van der Waals surface area (Å²) in [6.45, 7) is 6.39. The highest BCUT2D eigenvalue weighted by molar-refractivity contribution is 6.06. The van der Waals surface area contributed by atoms with E-state index >= 15 is 0 Å². The minimum absolute atomic E-state index is 0.0741. The van der Waals surface area contributed by atoms with Gasteiger partial charge in [0.1, 0.15) is 5.82 Å². The standard InChI is InChI=1S/C16H20N2O2/c1-4-9-16(2,3)18-14-12-8-6-5-7-11(12)13(10-17-14)15(19)20/h5-8,10H,4,9H2,1-3H3,(H,17,18)(H,19,20). The van der Waals surface area contributed by atoms with Crippen LogP contribution in [0.25, 0.3) is 10.8 Å². The van der Waals surface area contributed by atoms with Crippen molar-refractivity contribution in [1.29, 1.82) is 0 Å². The van der Waals surface area contributed by atoms with Gasteiger partial charge in [-0.25, -0.2) is 9.78 Å². The summed E-state index contributed by atoms with van der Waals surface area (Å²) in [6.07, 6.45) is 3.52. The maximum atomic E-state index is 11.3. The zero-order valence-corrected chi connectivity index (χ0v) is 12.1. The van der Waals surface area contributed by atoms with Crippen molar-refractivity contribution in [2.24, 2.45) is 0 Å². The lowest BCUT2D eigenvalue weighted by Gasteiger charge is -2.27. The molecule has 4 nitrogen and oxygen atoms in total. The molecule has 0 amide bonds. The van der Waals surface area contributed by atoms with Crippen molar-refractivity contribution in [3.8, 4) is 0 Å². The van der Waals surface area contributed by atoms with Gasteiger partial charge in [0.15, 0.2) is 0 Å². The molecule has 2 N–H and O–H groups in total. The zero-order chi connectivity index (χ0) is 14.8. The number of aromatic carboxylic acids is 1. The third kappa shape index (κ3) is 2.90. The number of aromatic nitrogens is 1. The summed E-state index contributed by atoms with van der Waals surface area (Å²) in [4.78, 5) is 15.6. The van der Waals surface area contributed by atoms with Gasteiger partial charge >= 0.3 is 5.97 Å². The Bertz CT molecular complexity index is 635. The van der Waals surface area contributed by atoms with E-state index in [4.69, 9.17) is 0 Å². The van der Waals surface area contributed by atoms with Gasteiger partial charge in [-0.3, -0.25) is 0 Å². The van der Waals surface area contributed by atoms with Crippen LogP contribution in [0.3, 0.4) is 0 Å². The molecule has 2 rings (SSSR count). The number of hydrogen-bond donors (Lipinski definition) is 2. The zero-order valence-electron chi connectivity index (χ0n) is 12.1. The van der Waals surface area contributed by atoms with E-state index in [1.54, 1.807) is 0 Å². The molecule has 106 valence electrons. The third-order valence-electron chi connectivity index (χ3n) is 3.36. The van der Waals surface area contributed by atoms with Crippen molar-refractivity contribution in [3.63, 3.8) is 0 Å². The summed E-state index contributed by atoms with van der Waals surface area (Å²) in [5.74, 6) is -0.211. The molecule has 0 aliphatic carbocycles. The van der Waals surface area contributed by atoms with Crippen molar-refractivity contribution in [1.82, 2.24) is 4.98 Å². The molecule has 0 saturated carbocycles. The number of fused-ring (bicyclic) bond motifs is 1. The van der Waals surface area contributed by atoms with Crippen LogP contribution >= 0.6 is 0 Å². The number of hydrogen-bond acceptors (Lipinski definition) is 3. The van der Waals surface area contributed by atoms with Gasteiger partial charge in [0.05, 0.1) is 5.56 Å². The summed E-state index contributed by atoms with van der Waals surface area (Å²) in [5.41, 5.74) is 0.161. The van der Waals surface area contributed by atoms with Crippen molar-refractivity contribution >= 4 is 22.6 Å². The summed E-state index contributed by atoms with van der Waals surface area (Å²) < 4.78 is 0. The van der Waals surface area contributed by atoms with E-state index in [1.165, 1.54) is 6.20 Å². The van der Waals surface area contributed by atoms with Gasteiger partial charge in [0, 0.05) is 22.5 Å². The normalized spacial score (nSPS) is 11.6. The Kier molecular flexibility index (Phi) is 3.93. The molecule has 4 heteroatoms. The molecular formula is C16H20N2O2. The Morgan fingerprint density at radius 1 is 1.30 bits per heavy atom. The minimum atomic E-state index is -0.951. The number of carbonyl (C=O) groups is 1. The van der Waals surface area contributed by atoms with E-state index in [9.17, 15) is 9.90 Å². The first-order valence-electron chi connectivity index (χ1n) is 6.84. The fraction of sp³-hybridized carbons (Fsp3) is 0.375. The largest absolute Gasteiger partial charge is 0.478 e. The Morgan fingerprint density at radius 2 is 1.95 bits per heavy atom. The molecule has 0 bridgehead atoms. The quantitative estimate of drug-likeness (QED) is 0.865. The van der Waals surface area contributed by atoms with Crippen LogP contribution in [0, 0.1) is 0 Å². The first-order chi connectivity index (χ1) is 9.44. The molecule has 0 radical (unpaired) electrons. The van der Waals surface area contributed by atoms with E-state index in [2.05, 4.69) is 31.1 Å². The van der Waals surface area contributed by atoms with Crippen LogP contribution < -0.4 is 5.32 Å². The van der Waals surface area contributed by atoms with Crippen LogP contribution in [0.1, 0.15) is 44.0 Å². The van der Waals surface area contributed by atoms with Crippen LogP contribution in [0.5, 0.6) is 0 Å². The molecule has 1 aromatic heterocycles. The Balaban J connectivity index is 2.51. The van der Waals surface area contributed by atoms with E-state index in [1.807, 2.05) is 24.3 Å². The van der Waals surface area contributed by atoms with Gasteiger partial charge < -0.3 is 10.4 Å². The number of pyridine rings is 1. The van der Waals surface area contributed by atoms with E-state index in [0.29, 0.717) is 5.39 Å². The lowest BCUT2D eigenvalue weighted by Crippen LogP contribution is -2.31. The average Bonchev–Trinajstić information content (AvgIpc) is 2.38. The first kappa shape index (κ1) is 14.3. The van der Waals surface area contributed by atoms with Gasteiger partial charge in [-0.05, 0) is 20.3 Å². The van der Waals surface area contributed by atoms with Crippen LogP contribution in [0.15, 0.2) is 30.5 Å². The van der Waals surface area contributed by atoms with Crippen molar-refractivity contribution in [2.75, 3.05) is 5.32 Å². The number of benzene rings is 1. The van der Waals surface area contributed by atoms with Crippen LogP contribution in [0.4, 0.5) is 5.82 Å². The first-order valence-corrected chi connectivity index (χ1v) is 6.84. The SMILES string of the molecule is CCCC(C)(C)Nc1ncc(C(=O)O)c2ccccc12. The van der Waals surface area contributed by atoms with Crippen molar-refractivity contribution in [3.05, 3.63) is 36.0 Å². The summed E-state index contributed by atoms with van der Waals surface area (Å²) in [7, 11) is 0. The fourth-order valence-corrected chi connectivity index (χ4v) is 2.47. The maximum Gasteiger partial charge on any atom is 0.337 e. The molecule has 1 aromatic carbocycles. The number of rotatable bonds is 5. The van der Waals surface area contributed by atoms with E-state index < -0.39 is 5.97 Å². The number of carboxylic acid groups (broad SMARTS) is 1. The van der Waals surface area contributed by atoms with Crippen LogP contribution in [0.2, 0.25) is 0 Å². The smallest absolute Gasteiger partial charge is 0.337 e. The monoisotopic (exact) mass is 272 g/mol. The number of nitrogens with zero attached hydrogens (tertiary/aromatic N) is 1. The summed E-state index contributed by atoms with van der Waals surface area (Å²) >= 11 is 0. The van der Waals surface area contributed by atoms with Gasteiger partial charge in [-0.1, -0.05) is 37.6 Å². The topological polar surface area (TPSA) is 62.2 Å². The Morgan fingerprint density at radius 3 is 2.55 bits per heavy atom. The van der Waals surface area contributed by atoms with Crippen LogP contribution in [-0.4, -0.2) is 21.6 Å².